The Balaban J connectivity index is 1.60. The molecule has 0 saturated heterocycles. The number of hydrogen-bond acceptors (Lipinski definition) is 3. The molecular formula is C21H17ClF3N3O2. The van der Waals surface area contributed by atoms with E-state index in [1.807, 2.05) is 0 Å². The van der Waals surface area contributed by atoms with Crippen LogP contribution in [0.1, 0.15) is 24.1 Å². The number of urea groups is 1. The van der Waals surface area contributed by atoms with Crippen molar-refractivity contribution in [3.63, 3.8) is 0 Å². The molecule has 5 nitrogen and oxygen atoms in total. The number of hydrogen-bond donors (Lipinski definition) is 2. The zero-order chi connectivity index (χ0) is 21.7. The number of nitrogens with zero attached hydrogens (tertiary/aromatic N) is 1. The summed E-state index contributed by atoms with van der Waals surface area (Å²) in [4.78, 5) is 16.2. The summed E-state index contributed by atoms with van der Waals surface area (Å²) in [6, 6.07) is 12.7. The van der Waals surface area contributed by atoms with E-state index < -0.39 is 28.8 Å². The Bertz CT molecular complexity index is 1010. The molecule has 1 aromatic heterocycles. The van der Waals surface area contributed by atoms with Crippen molar-refractivity contribution in [1.82, 2.24) is 10.3 Å². The second-order valence-corrected chi connectivity index (χ2v) is 6.78. The fourth-order valence-electron chi connectivity index (χ4n) is 2.64. The van der Waals surface area contributed by atoms with Gasteiger partial charge in [0.05, 0.1) is 22.8 Å². The van der Waals surface area contributed by atoms with Gasteiger partial charge in [0, 0.05) is 11.9 Å². The van der Waals surface area contributed by atoms with Gasteiger partial charge in [0.1, 0.15) is 11.5 Å². The number of pyridine rings is 1. The third-order valence-electron chi connectivity index (χ3n) is 4.13. The van der Waals surface area contributed by atoms with Gasteiger partial charge in [-0.05, 0) is 55.0 Å². The Labute approximate surface area is 175 Å². The van der Waals surface area contributed by atoms with Crippen molar-refractivity contribution >= 4 is 23.3 Å². The van der Waals surface area contributed by atoms with Gasteiger partial charge < -0.3 is 15.4 Å². The van der Waals surface area contributed by atoms with Crippen LogP contribution in [0.3, 0.4) is 0 Å². The summed E-state index contributed by atoms with van der Waals surface area (Å²) in [5.74, 6) is 1.20. The van der Waals surface area contributed by atoms with E-state index in [-0.39, 0.29) is 5.69 Å². The molecule has 156 valence electrons. The first-order chi connectivity index (χ1) is 14.2. The van der Waals surface area contributed by atoms with E-state index in [0.29, 0.717) is 11.5 Å². The van der Waals surface area contributed by atoms with Crippen molar-refractivity contribution in [1.29, 1.82) is 0 Å². The number of aromatic nitrogens is 1. The van der Waals surface area contributed by atoms with Crippen LogP contribution < -0.4 is 15.4 Å². The molecule has 0 bridgehead atoms. The fourth-order valence-corrected chi connectivity index (χ4v) is 2.86. The maximum Gasteiger partial charge on any atom is 0.417 e. The predicted molar refractivity (Wildman–Crippen MR) is 108 cm³/mol. The van der Waals surface area contributed by atoms with Crippen molar-refractivity contribution in [3.8, 4) is 11.5 Å². The number of ether oxygens (including phenoxy) is 1. The van der Waals surface area contributed by atoms with Gasteiger partial charge in [-0.2, -0.15) is 13.2 Å². The molecule has 1 atom stereocenters. The largest absolute Gasteiger partial charge is 0.456 e. The molecule has 0 aliphatic rings. The number of benzene rings is 2. The summed E-state index contributed by atoms with van der Waals surface area (Å²) in [5.41, 5.74) is -0.244. The molecule has 0 aliphatic carbocycles. The van der Waals surface area contributed by atoms with Gasteiger partial charge in [0.25, 0.3) is 0 Å². The molecule has 9 heteroatoms. The van der Waals surface area contributed by atoms with Crippen LogP contribution in [0.5, 0.6) is 11.5 Å². The number of nitrogens with one attached hydrogen (secondary N) is 2. The summed E-state index contributed by atoms with van der Waals surface area (Å²) >= 11 is 5.58. The third kappa shape index (κ3) is 5.64. The molecule has 3 aromatic rings. The van der Waals surface area contributed by atoms with Crippen LogP contribution in [-0.2, 0) is 6.18 Å². The molecule has 2 N–H and O–H groups in total. The Morgan fingerprint density at radius 3 is 2.47 bits per heavy atom. The number of carbonyl (C=O) groups is 1. The van der Waals surface area contributed by atoms with Crippen LogP contribution in [0, 0.1) is 0 Å². The van der Waals surface area contributed by atoms with Gasteiger partial charge in [-0.25, -0.2) is 4.79 Å². The normalized spacial score (nSPS) is 12.2. The zero-order valence-corrected chi connectivity index (χ0v) is 16.5. The lowest BCUT2D eigenvalue weighted by molar-refractivity contribution is -0.137. The van der Waals surface area contributed by atoms with E-state index in [2.05, 4.69) is 15.6 Å². The number of rotatable bonds is 5. The van der Waals surface area contributed by atoms with Crippen LogP contribution in [0.15, 0.2) is 67.0 Å². The standard InChI is InChI=1S/C21H17ClF3N3O2/c1-13(14-4-7-16(8-5-14)30-17-3-2-10-26-12-17)27-20(29)28-15-6-9-19(22)18(11-15)21(23,24)25/h2-13H,1H3,(H2,27,28,29). The molecule has 3 rings (SSSR count). The fraction of sp³-hybridized carbons (Fsp3) is 0.143. The molecule has 0 fully saturated rings. The number of anilines is 1. The second-order valence-electron chi connectivity index (χ2n) is 6.37. The van der Waals surface area contributed by atoms with Crippen LogP contribution in [0.4, 0.5) is 23.7 Å². The minimum absolute atomic E-state index is 0.0170. The predicted octanol–water partition coefficient (Wildman–Crippen LogP) is 6.43. The summed E-state index contributed by atoms with van der Waals surface area (Å²) in [7, 11) is 0. The van der Waals surface area contributed by atoms with E-state index in [1.165, 1.54) is 6.07 Å². The van der Waals surface area contributed by atoms with Crippen molar-refractivity contribution in [2.45, 2.75) is 19.1 Å². The van der Waals surface area contributed by atoms with Gasteiger partial charge >= 0.3 is 12.2 Å². The first-order valence-corrected chi connectivity index (χ1v) is 9.22. The Hall–Kier alpha value is -3.26. The maximum atomic E-state index is 12.9. The monoisotopic (exact) mass is 435 g/mol. The Kier molecular flexibility index (Phi) is 6.47. The van der Waals surface area contributed by atoms with Crippen molar-refractivity contribution in [3.05, 3.63) is 83.1 Å². The molecule has 0 aliphatic heterocycles. The molecular weight excluding hydrogens is 419 g/mol. The third-order valence-corrected chi connectivity index (χ3v) is 4.46. The summed E-state index contributed by atoms with van der Waals surface area (Å²) in [6.45, 7) is 1.75. The average molecular weight is 436 g/mol. The highest BCUT2D eigenvalue weighted by molar-refractivity contribution is 6.31. The lowest BCUT2D eigenvalue weighted by Crippen LogP contribution is -2.31. The topological polar surface area (TPSA) is 63.2 Å². The lowest BCUT2D eigenvalue weighted by Gasteiger charge is -2.16. The average Bonchev–Trinajstić information content (AvgIpc) is 2.70. The Morgan fingerprint density at radius 1 is 1.10 bits per heavy atom. The van der Waals surface area contributed by atoms with Crippen molar-refractivity contribution in [2.24, 2.45) is 0 Å². The first kappa shape index (κ1) is 21.4. The molecule has 1 unspecified atom stereocenters. The number of carbonyl (C=O) groups excluding carboxylic acids is 1. The molecule has 30 heavy (non-hydrogen) atoms. The highest BCUT2D eigenvalue weighted by atomic mass is 35.5. The van der Waals surface area contributed by atoms with Crippen LogP contribution in [0.2, 0.25) is 5.02 Å². The lowest BCUT2D eigenvalue weighted by atomic mass is 10.1. The van der Waals surface area contributed by atoms with E-state index in [1.54, 1.807) is 55.7 Å². The minimum Gasteiger partial charge on any atom is -0.456 e. The van der Waals surface area contributed by atoms with Crippen LogP contribution >= 0.6 is 11.6 Å². The second kappa shape index (κ2) is 9.04. The van der Waals surface area contributed by atoms with E-state index in [4.69, 9.17) is 16.3 Å². The van der Waals surface area contributed by atoms with Gasteiger partial charge in [-0.15, -0.1) is 0 Å². The quantitative estimate of drug-likeness (QED) is 0.485. The minimum atomic E-state index is -4.61. The zero-order valence-electron chi connectivity index (χ0n) is 15.7. The molecule has 1 heterocycles. The first-order valence-electron chi connectivity index (χ1n) is 8.84. The highest BCUT2D eigenvalue weighted by Crippen LogP contribution is 2.36. The Morgan fingerprint density at radius 2 is 1.83 bits per heavy atom. The van der Waals surface area contributed by atoms with Crippen LogP contribution in [-0.4, -0.2) is 11.0 Å². The van der Waals surface area contributed by atoms with E-state index in [9.17, 15) is 18.0 Å². The van der Waals surface area contributed by atoms with Crippen molar-refractivity contribution in [2.75, 3.05) is 5.32 Å². The smallest absolute Gasteiger partial charge is 0.417 e. The van der Waals surface area contributed by atoms with Gasteiger partial charge in [0.2, 0.25) is 0 Å². The van der Waals surface area contributed by atoms with E-state index >= 15 is 0 Å². The van der Waals surface area contributed by atoms with E-state index in [0.717, 1.165) is 17.7 Å². The molecule has 0 radical (unpaired) electrons. The van der Waals surface area contributed by atoms with Crippen LogP contribution in [0.25, 0.3) is 0 Å². The molecule has 2 amide bonds. The maximum absolute atomic E-state index is 12.9. The molecule has 0 spiro atoms. The van der Waals surface area contributed by atoms with Gasteiger partial charge in [0.15, 0.2) is 0 Å². The van der Waals surface area contributed by atoms with Gasteiger partial charge in [-0.1, -0.05) is 23.7 Å². The highest BCUT2D eigenvalue weighted by Gasteiger charge is 2.33. The number of alkyl halides is 3. The summed E-state index contributed by atoms with van der Waals surface area (Å²) < 4.78 is 44.5. The SMILES string of the molecule is CC(NC(=O)Nc1ccc(Cl)c(C(F)(F)F)c1)c1ccc(Oc2cccnc2)cc1. The molecule has 0 saturated carbocycles. The number of amides is 2. The number of halogens is 4. The summed E-state index contributed by atoms with van der Waals surface area (Å²) in [6.07, 6.45) is -1.39. The molecule has 2 aromatic carbocycles. The van der Waals surface area contributed by atoms with Crippen molar-refractivity contribution < 1.29 is 22.7 Å². The summed E-state index contributed by atoms with van der Waals surface area (Å²) in [5, 5.41) is 4.62. The van der Waals surface area contributed by atoms with Gasteiger partial charge in [-0.3, -0.25) is 4.98 Å².